The number of nitrogens with zero attached hydrogens (tertiary/aromatic N) is 3. The van der Waals surface area contributed by atoms with Crippen LogP contribution < -0.4 is 16.2 Å². The van der Waals surface area contributed by atoms with E-state index < -0.39 is 6.17 Å². The largest absolute Gasteiger partial charge is 0.326 e. The van der Waals surface area contributed by atoms with Crippen molar-refractivity contribution >= 4 is 17.6 Å². The highest BCUT2D eigenvalue weighted by atomic mass is 19.1. The lowest BCUT2D eigenvalue weighted by Crippen LogP contribution is -2.37. The molecule has 0 aliphatic carbocycles. The zero-order valence-electron chi connectivity index (χ0n) is 16.5. The molecule has 0 unspecified atom stereocenters. The normalized spacial score (nSPS) is 15.5. The van der Waals surface area contributed by atoms with Crippen LogP contribution in [0, 0.1) is 12.7 Å². The van der Waals surface area contributed by atoms with E-state index in [1.807, 2.05) is 12.1 Å². The van der Waals surface area contributed by atoms with Crippen LogP contribution in [0.2, 0.25) is 0 Å². The highest BCUT2D eigenvalue weighted by Crippen LogP contribution is 2.26. The molecular formula is C22H22FN5O. The number of hydrogen-bond donors (Lipinski definition) is 2. The molecule has 0 spiro atoms. The van der Waals surface area contributed by atoms with Crippen LogP contribution in [0.25, 0.3) is 0 Å². The second-order valence-electron chi connectivity index (χ2n) is 7.36. The lowest BCUT2D eigenvalue weighted by Gasteiger charge is -2.27. The molecule has 148 valence electrons. The van der Waals surface area contributed by atoms with Crippen molar-refractivity contribution in [2.24, 2.45) is 4.99 Å². The van der Waals surface area contributed by atoms with Gasteiger partial charge in [-0.3, -0.25) is 14.7 Å². The Bertz CT molecular complexity index is 1120. The molecule has 1 atom stereocenters. The third-order valence-electron chi connectivity index (χ3n) is 4.81. The molecule has 0 bridgehead atoms. The van der Waals surface area contributed by atoms with Crippen molar-refractivity contribution in [3.05, 3.63) is 87.6 Å². The predicted molar refractivity (Wildman–Crippen MR) is 113 cm³/mol. The Kier molecular flexibility index (Phi) is 4.88. The molecular weight excluding hydrogens is 369 g/mol. The van der Waals surface area contributed by atoms with E-state index in [9.17, 15) is 9.18 Å². The molecule has 1 aromatic heterocycles. The van der Waals surface area contributed by atoms with E-state index in [-0.39, 0.29) is 11.4 Å². The fourth-order valence-corrected chi connectivity index (χ4v) is 3.26. The minimum atomic E-state index is -0.648. The summed E-state index contributed by atoms with van der Waals surface area (Å²) in [5.41, 5.74) is 3.18. The third kappa shape index (κ3) is 3.89. The summed E-state index contributed by atoms with van der Waals surface area (Å²) in [7, 11) is 0. The van der Waals surface area contributed by atoms with Gasteiger partial charge in [-0.2, -0.15) is 0 Å². The topological polar surface area (TPSA) is 71.3 Å². The molecule has 0 fully saturated rings. The van der Waals surface area contributed by atoms with Gasteiger partial charge in [0.05, 0.1) is 0 Å². The van der Waals surface area contributed by atoms with Crippen LogP contribution >= 0.6 is 0 Å². The van der Waals surface area contributed by atoms with Crippen molar-refractivity contribution in [1.82, 2.24) is 9.55 Å². The van der Waals surface area contributed by atoms with Gasteiger partial charge in [0.2, 0.25) is 11.9 Å². The summed E-state index contributed by atoms with van der Waals surface area (Å²) in [5.74, 6) is 0.961. The van der Waals surface area contributed by atoms with Crippen molar-refractivity contribution in [3.63, 3.8) is 0 Å². The van der Waals surface area contributed by atoms with Crippen LogP contribution in [0.4, 0.5) is 16.0 Å². The van der Waals surface area contributed by atoms with E-state index in [0.717, 1.165) is 5.69 Å². The maximum absolute atomic E-state index is 13.4. The minimum Gasteiger partial charge on any atom is -0.326 e. The van der Waals surface area contributed by atoms with E-state index >= 15 is 0 Å². The van der Waals surface area contributed by atoms with E-state index in [4.69, 9.17) is 0 Å². The molecule has 0 saturated carbocycles. The highest BCUT2D eigenvalue weighted by Gasteiger charge is 2.25. The van der Waals surface area contributed by atoms with Gasteiger partial charge in [0.25, 0.3) is 5.56 Å². The molecule has 4 rings (SSSR count). The molecule has 7 heteroatoms. The molecule has 2 heterocycles. The number of aliphatic imine (C=N–C) groups is 1. The monoisotopic (exact) mass is 391 g/mol. The lowest BCUT2D eigenvalue weighted by molar-refractivity contribution is 0.573. The Morgan fingerprint density at radius 3 is 2.45 bits per heavy atom. The van der Waals surface area contributed by atoms with E-state index in [0.29, 0.717) is 29.1 Å². The number of anilines is 2. The summed E-state index contributed by atoms with van der Waals surface area (Å²) >= 11 is 0. The van der Waals surface area contributed by atoms with Gasteiger partial charge in [-0.05, 0) is 48.2 Å². The summed E-state index contributed by atoms with van der Waals surface area (Å²) in [6.07, 6.45) is -0.648. The molecule has 0 saturated heterocycles. The molecule has 1 aliphatic rings. The zero-order valence-corrected chi connectivity index (χ0v) is 16.5. The quantitative estimate of drug-likeness (QED) is 0.700. The van der Waals surface area contributed by atoms with Gasteiger partial charge in [0.15, 0.2) is 6.17 Å². The number of guanidine groups is 1. The number of nitrogens with one attached hydrogen (secondary N) is 2. The molecule has 0 amide bonds. The first-order valence-electron chi connectivity index (χ1n) is 9.48. The van der Waals surface area contributed by atoms with Crippen LogP contribution in [0.5, 0.6) is 0 Å². The van der Waals surface area contributed by atoms with Gasteiger partial charge in [0, 0.05) is 17.4 Å². The molecule has 3 aromatic rings. The molecule has 29 heavy (non-hydrogen) atoms. The maximum Gasteiger partial charge on any atom is 0.257 e. The van der Waals surface area contributed by atoms with Crippen molar-refractivity contribution in [3.8, 4) is 0 Å². The first-order valence-corrected chi connectivity index (χ1v) is 9.48. The molecule has 1 aliphatic heterocycles. The molecule has 0 radical (unpaired) electrons. The lowest BCUT2D eigenvalue weighted by atomic mass is 10.0. The van der Waals surface area contributed by atoms with Crippen molar-refractivity contribution < 1.29 is 4.39 Å². The van der Waals surface area contributed by atoms with E-state index in [2.05, 4.69) is 46.6 Å². The Labute approximate surface area is 168 Å². The van der Waals surface area contributed by atoms with Gasteiger partial charge in [-0.25, -0.2) is 14.4 Å². The summed E-state index contributed by atoms with van der Waals surface area (Å²) in [4.78, 5) is 21.7. The number of aryl methyl sites for hydroxylation is 1. The third-order valence-corrected chi connectivity index (χ3v) is 4.81. The van der Waals surface area contributed by atoms with Gasteiger partial charge >= 0.3 is 0 Å². The minimum absolute atomic E-state index is 0.224. The second kappa shape index (κ2) is 7.50. The fraction of sp³-hybridized carbons (Fsp3) is 0.227. The Balaban J connectivity index is 1.73. The number of aromatic nitrogens is 2. The standard InChI is InChI=1S/C22H22FN5O/c1-13(2)15-6-10-18(11-7-15)25-21-26-20(16-4-8-17(23)9-5-16)28-19(29)12-14(3)24-22(28)27-21/h4-13,20H,1-3H3,(H2,24,25,26,27)/t20-/m1/s1. The Hall–Kier alpha value is -3.48. The number of halogens is 1. The number of benzene rings is 2. The van der Waals surface area contributed by atoms with Gasteiger partial charge in [-0.15, -0.1) is 0 Å². The highest BCUT2D eigenvalue weighted by molar-refractivity contribution is 6.03. The van der Waals surface area contributed by atoms with E-state index in [1.54, 1.807) is 19.1 Å². The average molecular weight is 391 g/mol. The van der Waals surface area contributed by atoms with Gasteiger partial charge in [0.1, 0.15) is 5.82 Å². The average Bonchev–Trinajstić information content (AvgIpc) is 2.68. The summed E-state index contributed by atoms with van der Waals surface area (Å²) < 4.78 is 14.9. The van der Waals surface area contributed by atoms with Crippen LogP contribution in [-0.4, -0.2) is 15.5 Å². The number of fused-ring (bicyclic) bond motifs is 1. The van der Waals surface area contributed by atoms with Crippen molar-refractivity contribution in [1.29, 1.82) is 0 Å². The van der Waals surface area contributed by atoms with Crippen molar-refractivity contribution in [2.75, 3.05) is 10.6 Å². The predicted octanol–water partition coefficient (Wildman–Crippen LogP) is 4.25. The van der Waals surface area contributed by atoms with Crippen molar-refractivity contribution in [2.45, 2.75) is 32.9 Å². The van der Waals surface area contributed by atoms with Gasteiger partial charge < -0.3 is 5.32 Å². The maximum atomic E-state index is 13.4. The smallest absolute Gasteiger partial charge is 0.257 e. The van der Waals surface area contributed by atoms with Crippen LogP contribution in [0.3, 0.4) is 0 Å². The molecule has 2 N–H and O–H groups in total. The fourth-order valence-electron chi connectivity index (χ4n) is 3.26. The molecule has 2 aromatic carbocycles. The Morgan fingerprint density at radius 1 is 1.10 bits per heavy atom. The van der Waals surface area contributed by atoms with Crippen LogP contribution in [-0.2, 0) is 0 Å². The summed E-state index contributed by atoms with van der Waals surface area (Å²) in [6, 6.07) is 15.5. The summed E-state index contributed by atoms with van der Waals surface area (Å²) in [5, 5.41) is 6.34. The SMILES string of the molecule is Cc1cc(=O)n2c(n1)NC(Nc1ccc(C(C)C)cc1)=N[C@H]2c1ccc(F)cc1. The second-order valence-corrected chi connectivity index (χ2v) is 7.36. The van der Waals surface area contributed by atoms with Gasteiger partial charge in [-0.1, -0.05) is 38.1 Å². The Morgan fingerprint density at radius 2 is 1.79 bits per heavy atom. The zero-order chi connectivity index (χ0) is 20.5. The summed E-state index contributed by atoms with van der Waals surface area (Å²) in [6.45, 7) is 6.05. The number of rotatable bonds is 3. The molecule has 6 nitrogen and oxygen atoms in total. The van der Waals surface area contributed by atoms with Crippen LogP contribution in [0.1, 0.15) is 42.8 Å². The van der Waals surface area contributed by atoms with E-state index in [1.165, 1.54) is 28.3 Å². The first kappa shape index (κ1) is 18.9. The van der Waals surface area contributed by atoms with Crippen LogP contribution in [0.15, 0.2) is 64.4 Å². The first-order chi connectivity index (χ1) is 13.9. The number of hydrogen-bond acceptors (Lipinski definition) is 5.